The van der Waals surface area contributed by atoms with Crippen LogP contribution in [0.5, 0.6) is 0 Å². The molecule has 1 saturated heterocycles. The summed E-state index contributed by atoms with van der Waals surface area (Å²) in [5.41, 5.74) is 0. The summed E-state index contributed by atoms with van der Waals surface area (Å²) >= 11 is 0. The van der Waals surface area contributed by atoms with E-state index >= 15 is 0 Å². The van der Waals surface area contributed by atoms with Crippen LogP contribution in [0, 0.1) is 17.8 Å². The average molecular weight is 278 g/mol. The normalized spacial score (nSPS) is 38.5. The molecule has 1 aliphatic heterocycles. The van der Waals surface area contributed by atoms with Crippen molar-refractivity contribution in [3.05, 3.63) is 0 Å². The number of carbonyl (C=O) groups is 2. The lowest BCUT2D eigenvalue weighted by molar-refractivity contribution is -0.154. The van der Waals surface area contributed by atoms with Crippen LogP contribution >= 0.6 is 0 Å². The molecule has 112 valence electrons. The third-order valence-corrected chi connectivity index (χ3v) is 5.17. The number of rotatable bonds is 3. The maximum atomic E-state index is 12.9. The van der Waals surface area contributed by atoms with E-state index < -0.39 is 0 Å². The molecule has 2 saturated carbocycles. The van der Waals surface area contributed by atoms with Gasteiger partial charge in [0.1, 0.15) is 12.1 Å². The molecule has 0 bridgehead atoms. The van der Waals surface area contributed by atoms with Crippen molar-refractivity contribution in [3.63, 3.8) is 0 Å². The standard InChI is InChI=1S/C16H26N2O2/c1-9(2)14-15(19)17-13(11-5-6-11)16(20)18(14)12-7-4-10(3)8-12/h9-14H,4-8H2,1-3H3,(H,17,19). The largest absolute Gasteiger partial charge is 0.342 e. The zero-order chi connectivity index (χ0) is 14.4. The second kappa shape index (κ2) is 5.05. The summed E-state index contributed by atoms with van der Waals surface area (Å²) in [4.78, 5) is 27.3. The minimum atomic E-state index is -0.271. The lowest BCUT2D eigenvalue weighted by Gasteiger charge is -2.44. The van der Waals surface area contributed by atoms with Gasteiger partial charge in [0.05, 0.1) is 0 Å². The summed E-state index contributed by atoms with van der Waals surface area (Å²) in [5, 5.41) is 2.99. The van der Waals surface area contributed by atoms with Crippen LogP contribution in [-0.4, -0.2) is 34.8 Å². The fourth-order valence-electron chi connectivity index (χ4n) is 3.93. The van der Waals surface area contributed by atoms with Crippen LogP contribution in [0.25, 0.3) is 0 Å². The zero-order valence-corrected chi connectivity index (χ0v) is 12.8. The summed E-state index contributed by atoms with van der Waals surface area (Å²) in [7, 11) is 0. The first-order valence-electron chi connectivity index (χ1n) is 8.11. The van der Waals surface area contributed by atoms with E-state index in [-0.39, 0.29) is 35.9 Å². The van der Waals surface area contributed by atoms with Crippen LogP contribution in [0.2, 0.25) is 0 Å². The van der Waals surface area contributed by atoms with E-state index in [0.717, 1.165) is 25.7 Å². The van der Waals surface area contributed by atoms with E-state index in [1.54, 1.807) is 0 Å². The Bertz CT molecular complexity index is 417. The van der Waals surface area contributed by atoms with Gasteiger partial charge in [-0.25, -0.2) is 0 Å². The Labute approximate surface area is 121 Å². The monoisotopic (exact) mass is 278 g/mol. The molecule has 3 fully saturated rings. The molecular weight excluding hydrogens is 252 g/mol. The van der Waals surface area contributed by atoms with Crippen LogP contribution < -0.4 is 5.32 Å². The van der Waals surface area contributed by atoms with Crippen molar-refractivity contribution < 1.29 is 9.59 Å². The fourth-order valence-corrected chi connectivity index (χ4v) is 3.93. The van der Waals surface area contributed by atoms with Gasteiger partial charge in [0.2, 0.25) is 11.8 Å². The Morgan fingerprint density at radius 2 is 1.85 bits per heavy atom. The van der Waals surface area contributed by atoms with E-state index in [2.05, 4.69) is 12.2 Å². The first-order valence-corrected chi connectivity index (χ1v) is 8.11. The number of carbonyl (C=O) groups excluding carboxylic acids is 2. The molecule has 4 nitrogen and oxygen atoms in total. The van der Waals surface area contributed by atoms with Crippen LogP contribution in [-0.2, 0) is 9.59 Å². The van der Waals surface area contributed by atoms with Gasteiger partial charge in [0, 0.05) is 6.04 Å². The molecule has 3 rings (SSSR count). The maximum Gasteiger partial charge on any atom is 0.246 e. The first-order chi connectivity index (χ1) is 9.49. The lowest BCUT2D eigenvalue weighted by atomic mass is 9.93. The predicted octanol–water partition coefficient (Wildman–Crippen LogP) is 1.94. The molecule has 1 heterocycles. The van der Waals surface area contributed by atoms with Crippen LogP contribution in [0.1, 0.15) is 52.9 Å². The second-order valence-corrected chi connectivity index (χ2v) is 7.33. The molecule has 4 unspecified atom stereocenters. The maximum absolute atomic E-state index is 12.9. The highest BCUT2D eigenvalue weighted by atomic mass is 16.2. The number of piperazine rings is 1. The highest BCUT2D eigenvalue weighted by Crippen LogP contribution is 2.38. The minimum Gasteiger partial charge on any atom is -0.342 e. The van der Waals surface area contributed by atoms with Crippen molar-refractivity contribution in [1.29, 1.82) is 0 Å². The number of hydrogen-bond acceptors (Lipinski definition) is 2. The first kappa shape index (κ1) is 13.9. The molecule has 0 aromatic heterocycles. The summed E-state index contributed by atoms with van der Waals surface area (Å²) in [6, 6.07) is -0.238. The Morgan fingerprint density at radius 1 is 1.15 bits per heavy atom. The van der Waals surface area contributed by atoms with Gasteiger partial charge in [0.15, 0.2) is 0 Å². The minimum absolute atomic E-state index is 0.0658. The third-order valence-electron chi connectivity index (χ3n) is 5.17. The summed E-state index contributed by atoms with van der Waals surface area (Å²) < 4.78 is 0. The molecule has 20 heavy (non-hydrogen) atoms. The van der Waals surface area contributed by atoms with Gasteiger partial charge < -0.3 is 10.2 Å². The van der Waals surface area contributed by atoms with Crippen molar-refractivity contribution in [1.82, 2.24) is 10.2 Å². The number of nitrogens with one attached hydrogen (secondary N) is 1. The molecule has 0 aromatic carbocycles. The molecule has 4 atom stereocenters. The molecule has 2 aliphatic carbocycles. The fraction of sp³-hybridized carbons (Fsp3) is 0.875. The highest BCUT2D eigenvalue weighted by Gasteiger charge is 2.50. The van der Waals surface area contributed by atoms with Gasteiger partial charge in [0.25, 0.3) is 0 Å². The number of amides is 2. The van der Waals surface area contributed by atoms with Gasteiger partial charge in [-0.3, -0.25) is 9.59 Å². The van der Waals surface area contributed by atoms with Gasteiger partial charge in [-0.05, 0) is 49.9 Å². The topological polar surface area (TPSA) is 49.4 Å². The van der Waals surface area contributed by atoms with Crippen molar-refractivity contribution in [2.75, 3.05) is 0 Å². The number of nitrogens with zero attached hydrogens (tertiary/aromatic N) is 1. The third kappa shape index (κ3) is 2.33. The molecular formula is C16H26N2O2. The zero-order valence-electron chi connectivity index (χ0n) is 12.8. The molecule has 4 heteroatoms. The molecule has 3 aliphatic rings. The summed E-state index contributed by atoms with van der Waals surface area (Å²) in [5.74, 6) is 1.49. The number of hydrogen-bond donors (Lipinski definition) is 1. The summed E-state index contributed by atoms with van der Waals surface area (Å²) in [6.07, 6.45) is 5.45. The predicted molar refractivity (Wildman–Crippen MR) is 76.9 cm³/mol. The van der Waals surface area contributed by atoms with Gasteiger partial charge in [-0.2, -0.15) is 0 Å². The van der Waals surface area contributed by atoms with Crippen molar-refractivity contribution in [3.8, 4) is 0 Å². The molecule has 0 spiro atoms. The van der Waals surface area contributed by atoms with Gasteiger partial charge in [-0.1, -0.05) is 20.8 Å². The van der Waals surface area contributed by atoms with Crippen molar-refractivity contribution in [2.24, 2.45) is 17.8 Å². The molecule has 0 radical (unpaired) electrons. The Balaban J connectivity index is 1.86. The van der Waals surface area contributed by atoms with Gasteiger partial charge in [-0.15, -0.1) is 0 Å². The van der Waals surface area contributed by atoms with E-state index in [1.807, 2.05) is 18.7 Å². The molecule has 0 aromatic rings. The van der Waals surface area contributed by atoms with Crippen LogP contribution in [0.4, 0.5) is 0 Å². The van der Waals surface area contributed by atoms with E-state index in [0.29, 0.717) is 11.8 Å². The summed E-state index contributed by atoms with van der Waals surface area (Å²) in [6.45, 7) is 6.33. The van der Waals surface area contributed by atoms with Crippen molar-refractivity contribution in [2.45, 2.75) is 71.0 Å². The van der Waals surface area contributed by atoms with Crippen molar-refractivity contribution >= 4 is 11.8 Å². The quantitative estimate of drug-likeness (QED) is 0.857. The Kier molecular flexibility index (Phi) is 3.51. The van der Waals surface area contributed by atoms with E-state index in [4.69, 9.17) is 0 Å². The van der Waals surface area contributed by atoms with E-state index in [1.165, 1.54) is 6.42 Å². The average Bonchev–Trinajstić information content (AvgIpc) is 3.13. The SMILES string of the molecule is CC1CCC(N2C(=O)C(C3CC3)NC(=O)C2C(C)C)C1. The smallest absolute Gasteiger partial charge is 0.246 e. The highest BCUT2D eigenvalue weighted by molar-refractivity contribution is 5.97. The molecule has 2 amide bonds. The second-order valence-electron chi connectivity index (χ2n) is 7.33. The van der Waals surface area contributed by atoms with Gasteiger partial charge >= 0.3 is 0 Å². The van der Waals surface area contributed by atoms with E-state index in [9.17, 15) is 9.59 Å². The lowest BCUT2D eigenvalue weighted by Crippen LogP contribution is -2.67. The van der Waals surface area contributed by atoms with Crippen LogP contribution in [0.15, 0.2) is 0 Å². The Hall–Kier alpha value is -1.06. The van der Waals surface area contributed by atoms with Crippen LogP contribution in [0.3, 0.4) is 0 Å². The Morgan fingerprint density at radius 3 is 2.35 bits per heavy atom. The molecule has 1 N–H and O–H groups in total.